The van der Waals surface area contributed by atoms with Crippen LogP contribution in [0.4, 0.5) is 0 Å². The van der Waals surface area contributed by atoms with Crippen LogP contribution in [0.1, 0.15) is 67.8 Å². The Kier molecular flexibility index (Phi) is 7.38. The lowest BCUT2D eigenvalue weighted by atomic mass is 9.52. The molecule has 1 saturated carbocycles. The molecule has 3 atom stereocenters. The first-order valence-electron chi connectivity index (χ1n) is 13.5. The van der Waals surface area contributed by atoms with Gasteiger partial charge in [-0.3, -0.25) is 0 Å². The topological polar surface area (TPSA) is 73.7 Å². The Balaban J connectivity index is 1.42. The summed E-state index contributed by atoms with van der Waals surface area (Å²) in [7, 11) is 3.11. The van der Waals surface area contributed by atoms with E-state index in [1.807, 2.05) is 0 Å². The molecule has 1 fully saturated rings. The molecule has 1 aromatic heterocycles. The highest BCUT2D eigenvalue weighted by Crippen LogP contribution is 2.55. The molecule has 2 aromatic carbocycles. The molecule has 2 aliphatic rings. The van der Waals surface area contributed by atoms with Crippen LogP contribution in [-0.4, -0.2) is 34.9 Å². The Hall–Kier alpha value is -3.12. The minimum absolute atomic E-state index is 0.0425. The fourth-order valence-corrected chi connectivity index (χ4v) is 6.69. The Morgan fingerprint density at radius 2 is 1.84 bits per heavy atom. The number of hydrogen-bond donors (Lipinski definition) is 1. The van der Waals surface area contributed by atoms with Crippen molar-refractivity contribution in [1.82, 2.24) is 9.97 Å². The lowest BCUT2D eigenvalue weighted by Gasteiger charge is -2.53. The Morgan fingerprint density at radius 3 is 2.59 bits per heavy atom. The van der Waals surface area contributed by atoms with E-state index in [9.17, 15) is 5.11 Å². The summed E-state index contributed by atoms with van der Waals surface area (Å²) in [4.78, 5) is 8.54. The molecule has 2 aliphatic carbocycles. The van der Waals surface area contributed by atoms with Crippen LogP contribution >= 0.6 is 0 Å². The minimum atomic E-state index is -0.528. The second kappa shape index (κ2) is 10.7. The van der Waals surface area contributed by atoms with Crippen molar-refractivity contribution in [3.8, 4) is 17.6 Å². The van der Waals surface area contributed by atoms with Crippen molar-refractivity contribution in [3.05, 3.63) is 77.0 Å². The van der Waals surface area contributed by atoms with E-state index < -0.39 is 5.60 Å². The van der Waals surface area contributed by atoms with Gasteiger partial charge in [0.25, 0.3) is 0 Å². The lowest BCUT2D eigenvalue weighted by molar-refractivity contribution is -0.0565. The van der Waals surface area contributed by atoms with Crippen molar-refractivity contribution >= 4 is 0 Å². The molecule has 0 aliphatic heterocycles. The summed E-state index contributed by atoms with van der Waals surface area (Å²) in [6, 6.07) is 19.5. The maximum atomic E-state index is 11.4. The van der Waals surface area contributed by atoms with E-state index in [4.69, 9.17) is 14.2 Å². The highest BCUT2D eigenvalue weighted by Gasteiger charge is 2.51. The number of hydrogen-bond acceptors (Lipinski definition) is 6. The highest BCUT2D eigenvalue weighted by atomic mass is 16.5. The van der Waals surface area contributed by atoms with Gasteiger partial charge in [0.05, 0.1) is 25.5 Å². The third-order valence-electron chi connectivity index (χ3n) is 8.41. The van der Waals surface area contributed by atoms with Gasteiger partial charge in [-0.05, 0) is 79.7 Å². The van der Waals surface area contributed by atoms with Crippen molar-refractivity contribution in [2.45, 2.75) is 75.9 Å². The molecule has 196 valence electrons. The average molecular weight is 503 g/mol. The molecule has 5 rings (SSSR count). The van der Waals surface area contributed by atoms with Gasteiger partial charge in [0.15, 0.2) is 0 Å². The van der Waals surface area contributed by atoms with E-state index in [1.54, 1.807) is 13.2 Å². The summed E-state index contributed by atoms with van der Waals surface area (Å²) < 4.78 is 16.6. The zero-order valence-electron chi connectivity index (χ0n) is 22.2. The fraction of sp³-hybridized carbons (Fsp3) is 0.484. The van der Waals surface area contributed by atoms with E-state index in [2.05, 4.69) is 65.4 Å². The summed E-state index contributed by atoms with van der Waals surface area (Å²) in [6.45, 7) is 2.48. The number of fused-ring (bicyclic) bond motifs is 3. The minimum Gasteiger partial charge on any atom is -0.487 e. The lowest BCUT2D eigenvalue weighted by Crippen LogP contribution is -2.51. The first-order chi connectivity index (χ1) is 18.0. The molecule has 0 amide bonds. The molecule has 37 heavy (non-hydrogen) atoms. The second-order valence-corrected chi connectivity index (χ2v) is 10.7. The van der Waals surface area contributed by atoms with Crippen LogP contribution in [0.3, 0.4) is 0 Å². The molecule has 0 bridgehead atoms. The molecule has 3 aromatic rings. The van der Waals surface area contributed by atoms with E-state index in [-0.39, 0.29) is 11.4 Å². The van der Waals surface area contributed by atoms with Gasteiger partial charge in [0, 0.05) is 11.5 Å². The molecule has 1 heterocycles. The van der Waals surface area contributed by atoms with Gasteiger partial charge in [-0.2, -0.15) is 9.97 Å². The molecule has 0 unspecified atom stereocenters. The van der Waals surface area contributed by atoms with Gasteiger partial charge in [-0.25, -0.2) is 0 Å². The summed E-state index contributed by atoms with van der Waals surface area (Å²) >= 11 is 0. The fourth-order valence-electron chi connectivity index (χ4n) is 6.69. The van der Waals surface area contributed by atoms with Gasteiger partial charge < -0.3 is 19.3 Å². The monoisotopic (exact) mass is 502 g/mol. The van der Waals surface area contributed by atoms with Crippen molar-refractivity contribution in [1.29, 1.82) is 0 Å². The summed E-state index contributed by atoms with van der Waals surface area (Å²) in [5, 5.41) is 11.4. The second-order valence-electron chi connectivity index (χ2n) is 10.7. The Bertz CT molecular complexity index is 1190. The van der Waals surface area contributed by atoms with Crippen molar-refractivity contribution < 1.29 is 19.3 Å². The van der Waals surface area contributed by atoms with Gasteiger partial charge in [-0.15, -0.1) is 0 Å². The number of aromatic nitrogens is 2. The largest absolute Gasteiger partial charge is 0.487 e. The Labute approximate surface area is 220 Å². The number of nitrogens with zero attached hydrogens (tertiary/aromatic N) is 2. The highest BCUT2D eigenvalue weighted by molar-refractivity contribution is 5.45. The van der Waals surface area contributed by atoms with Crippen LogP contribution in [0, 0.1) is 5.92 Å². The van der Waals surface area contributed by atoms with E-state index in [1.165, 1.54) is 23.8 Å². The normalized spacial score (nSPS) is 24.6. The summed E-state index contributed by atoms with van der Waals surface area (Å²) in [6.07, 6.45) is 7.79. The number of benzene rings is 2. The zero-order valence-corrected chi connectivity index (χ0v) is 22.2. The molecule has 0 radical (unpaired) electrons. The maximum Gasteiger partial charge on any atom is 0.319 e. The SMILES string of the molecule is CCC[C@@]1(O)CC[C@@]2(Cc3ccccc3)c3ccc(OCc4cc(OC)nc(OC)n4)cc3CC[C@@H]2C1. The number of aliphatic hydroxyl groups is 1. The van der Waals surface area contributed by atoms with Crippen molar-refractivity contribution in [3.63, 3.8) is 0 Å². The van der Waals surface area contributed by atoms with Crippen molar-refractivity contribution in [2.24, 2.45) is 5.92 Å². The smallest absolute Gasteiger partial charge is 0.319 e. The quantitative estimate of drug-likeness (QED) is 0.397. The number of ether oxygens (including phenoxy) is 3. The third-order valence-corrected chi connectivity index (χ3v) is 8.41. The summed E-state index contributed by atoms with van der Waals surface area (Å²) in [5.74, 6) is 1.75. The molecule has 0 spiro atoms. The molecular weight excluding hydrogens is 464 g/mol. The first kappa shape index (κ1) is 25.5. The van der Waals surface area contributed by atoms with Crippen LogP contribution in [0.25, 0.3) is 0 Å². The number of rotatable bonds is 9. The predicted octanol–water partition coefficient (Wildman–Crippen LogP) is 5.83. The van der Waals surface area contributed by atoms with Crippen LogP contribution in [0.15, 0.2) is 54.6 Å². The molecule has 0 saturated heterocycles. The van der Waals surface area contributed by atoms with Crippen molar-refractivity contribution in [2.75, 3.05) is 14.2 Å². The van der Waals surface area contributed by atoms with Crippen LogP contribution in [0.2, 0.25) is 0 Å². The van der Waals surface area contributed by atoms with Crippen LogP contribution < -0.4 is 14.2 Å². The van der Waals surface area contributed by atoms with Gasteiger partial charge in [0.2, 0.25) is 5.88 Å². The molecule has 6 nitrogen and oxygen atoms in total. The standard InChI is InChI=1S/C31H38N2O4/c1-4-14-30(34)15-16-31(19-22-8-6-5-7-9-22)24(20-30)11-10-23-17-26(12-13-27(23)31)37-21-25-18-28(35-2)33-29(32-25)36-3/h5-9,12-13,17-18,24,34H,4,10-11,14-16,19-21H2,1-3H3/t24-,30-,31+/m1/s1. The third kappa shape index (κ3) is 5.30. The molecular formula is C31H38N2O4. The van der Waals surface area contributed by atoms with E-state index >= 15 is 0 Å². The van der Waals surface area contributed by atoms with Gasteiger partial charge >= 0.3 is 6.01 Å². The average Bonchev–Trinajstić information content (AvgIpc) is 2.92. The van der Waals surface area contributed by atoms with E-state index in [0.29, 0.717) is 24.1 Å². The van der Waals surface area contributed by atoms with Gasteiger partial charge in [-0.1, -0.05) is 49.7 Å². The van der Waals surface area contributed by atoms with Crippen LogP contribution in [0.5, 0.6) is 17.6 Å². The van der Waals surface area contributed by atoms with E-state index in [0.717, 1.165) is 57.1 Å². The zero-order chi connectivity index (χ0) is 25.9. The number of methoxy groups -OCH3 is 2. The summed E-state index contributed by atoms with van der Waals surface area (Å²) in [5.41, 5.74) is 4.38. The number of aryl methyl sites for hydroxylation is 1. The Morgan fingerprint density at radius 1 is 1.00 bits per heavy atom. The first-order valence-corrected chi connectivity index (χ1v) is 13.5. The molecule has 1 N–H and O–H groups in total. The maximum absolute atomic E-state index is 11.4. The van der Waals surface area contributed by atoms with Crippen LogP contribution in [-0.2, 0) is 24.9 Å². The van der Waals surface area contributed by atoms with Gasteiger partial charge in [0.1, 0.15) is 12.4 Å². The molecule has 6 heteroatoms. The predicted molar refractivity (Wildman–Crippen MR) is 143 cm³/mol.